The lowest BCUT2D eigenvalue weighted by atomic mass is 10.1. The average molecular weight is 390 g/mol. The molecule has 1 aromatic heterocycles. The fraction of sp³-hybridized carbons (Fsp3) is 0.200. The van der Waals surface area contributed by atoms with E-state index in [4.69, 9.17) is 20.8 Å². The molecule has 0 aliphatic rings. The van der Waals surface area contributed by atoms with Crippen LogP contribution < -0.4 is 5.32 Å². The molecule has 0 radical (unpaired) electrons. The highest BCUT2D eigenvalue weighted by Crippen LogP contribution is 2.28. The first-order valence-electron chi connectivity index (χ1n) is 8.27. The number of aryl methyl sites for hydroxylation is 1. The van der Waals surface area contributed by atoms with Crippen molar-refractivity contribution < 1.29 is 23.1 Å². The number of furan rings is 1. The Kier molecular flexibility index (Phi) is 5.46. The molecule has 3 rings (SSSR count). The number of rotatable bonds is 5. The van der Waals surface area contributed by atoms with Gasteiger partial charge in [0.25, 0.3) is 5.91 Å². The van der Waals surface area contributed by atoms with E-state index in [2.05, 4.69) is 5.32 Å². The molecule has 3 aromatic rings. The fourth-order valence-electron chi connectivity index (χ4n) is 2.59. The van der Waals surface area contributed by atoms with Crippen molar-refractivity contribution >= 4 is 34.4 Å². The number of carbonyl (C=O) groups is 2. The van der Waals surface area contributed by atoms with Crippen LogP contribution in [0.5, 0.6) is 0 Å². The normalized spacial score (nSPS) is 12.0. The standard InChI is InChI=1S/C20H17ClFNO4/c1-11-16-9-14(21)5-8-17(16)27-18(11)20(25)26-12(2)19(24)23-10-13-3-6-15(22)7-4-13/h3-9,12H,10H2,1-2H3,(H,23,24)/t12-/m1/s1. The molecule has 7 heteroatoms. The van der Waals surface area contributed by atoms with Crippen LogP contribution in [0, 0.1) is 12.7 Å². The number of benzene rings is 2. The average Bonchev–Trinajstić information content (AvgIpc) is 2.97. The Hall–Kier alpha value is -2.86. The van der Waals surface area contributed by atoms with E-state index in [1.54, 1.807) is 37.3 Å². The number of carbonyl (C=O) groups excluding carboxylic acids is 2. The van der Waals surface area contributed by atoms with E-state index in [1.807, 2.05) is 0 Å². The lowest BCUT2D eigenvalue weighted by Crippen LogP contribution is -2.35. The summed E-state index contributed by atoms with van der Waals surface area (Å²) in [4.78, 5) is 24.5. The number of esters is 1. The quantitative estimate of drug-likeness (QED) is 0.657. The van der Waals surface area contributed by atoms with Gasteiger partial charge in [-0.3, -0.25) is 4.79 Å². The smallest absolute Gasteiger partial charge is 0.375 e. The maximum atomic E-state index is 12.9. The highest BCUT2D eigenvalue weighted by molar-refractivity contribution is 6.31. The maximum Gasteiger partial charge on any atom is 0.375 e. The first-order chi connectivity index (χ1) is 12.8. The number of nitrogens with one attached hydrogen (secondary N) is 1. The molecule has 0 fully saturated rings. The minimum absolute atomic E-state index is 0.0328. The molecule has 0 spiro atoms. The van der Waals surface area contributed by atoms with Crippen molar-refractivity contribution in [3.05, 3.63) is 70.2 Å². The predicted octanol–water partition coefficient (Wildman–Crippen LogP) is 4.40. The topological polar surface area (TPSA) is 68.5 Å². The molecule has 27 heavy (non-hydrogen) atoms. The van der Waals surface area contributed by atoms with Gasteiger partial charge in [-0.15, -0.1) is 0 Å². The number of hydrogen-bond acceptors (Lipinski definition) is 4. The summed E-state index contributed by atoms with van der Waals surface area (Å²) in [6.45, 7) is 3.38. The van der Waals surface area contributed by atoms with E-state index in [0.29, 0.717) is 21.6 Å². The van der Waals surface area contributed by atoms with E-state index < -0.39 is 18.0 Å². The van der Waals surface area contributed by atoms with Crippen LogP contribution in [0.15, 0.2) is 46.9 Å². The highest BCUT2D eigenvalue weighted by atomic mass is 35.5. The van der Waals surface area contributed by atoms with Crippen molar-refractivity contribution in [1.82, 2.24) is 5.32 Å². The molecule has 140 valence electrons. The van der Waals surface area contributed by atoms with Crippen LogP contribution in [0.2, 0.25) is 5.02 Å². The van der Waals surface area contributed by atoms with Crippen LogP contribution in [0.4, 0.5) is 4.39 Å². The first-order valence-corrected chi connectivity index (χ1v) is 8.64. The second-order valence-electron chi connectivity index (χ2n) is 6.09. The van der Waals surface area contributed by atoms with Crippen LogP contribution in [0.25, 0.3) is 11.0 Å². The second-order valence-corrected chi connectivity index (χ2v) is 6.52. The highest BCUT2D eigenvalue weighted by Gasteiger charge is 2.24. The van der Waals surface area contributed by atoms with Crippen molar-refractivity contribution in [2.45, 2.75) is 26.5 Å². The Bertz CT molecular complexity index is 997. The summed E-state index contributed by atoms with van der Waals surface area (Å²) in [6, 6.07) is 10.8. The third kappa shape index (κ3) is 4.28. The Morgan fingerprint density at radius 2 is 1.93 bits per heavy atom. The molecule has 1 amide bonds. The van der Waals surface area contributed by atoms with Gasteiger partial charge in [0, 0.05) is 22.5 Å². The molecule has 0 unspecified atom stereocenters. The number of ether oxygens (including phenoxy) is 1. The monoisotopic (exact) mass is 389 g/mol. The zero-order valence-corrected chi connectivity index (χ0v) is 15.5. The lowest BCUT2D eigenvalue weighted by Gasteiger charge is -2.13. The molecule has 5 nitrogen and oxygen atoms in total. The van der Waals surface area contributed by atoms with Gasteiger partial charge in [0.05, 0.1) is 0 Å². The molecular formula is C20H17ClFNO4. The molecule has 0 aliphatic carbocycles. The van der Waals surface area contributed by atoms with Gasteiger partial charge < -0.3 is 14.5 Å². The molecule has 0 aliphatic heterocycles. The summed E-state index contributed by atoms with van der Waals surface area (Å²) < 4.78 is 23.6. The summed E-state index contributed by atoms with van der Waals surface area (Å²) >= 11 is 5.97. The molecule has 1 heterocycles. The van der Waals surface area contributed by atoms with Gasteiger partial charge in [-0.25, -0.2) is 9.18 Å². The molecular weight excluding hydrogens is 373 g/mol. The third-order valence-corrected chi connectivity index (χ3v) is 4.35. The Balaban J connectivity index is 1.63. The van der Waals surface area contributed by atoms with Crippen molar-refractivity contribution in [3.63, 3.8) is 0 Å². The van der Waals surface area contributed by atoms with E-state index in [0.717, 1.165) is 5.56 Å². The van der Waals surface area contributed by atoms with E-state index in [-0.39, 0.29) is 18.1 Å². The van der Waals surface area contributed by atoms with Gasteiger partial charge in [0.15, 0.2) is 6.10 Å². The number of amides is 1. The molecule has 0 saturated carbocycles. The van der Waals surface area contributed by atoms with Gasteiger partial charge in [-0.05, 0) is 49.7 Å². The number of hydrogen-bond donors (Lipinski definition) is 1. The first kappa shape index (κ1) is 18.9. The van der Waals surface area contributed by atoms with Crippen molar-refractivity contribution in [3.8, 4) is 0 Å². The summed E-state index contributed by atoms with van der Waals surface area (Å²) in [5.74, 6) is -1.52. The largest absolute Gasteiger partial charge is 0.449 e. The van der Waals surface area contributed by atoms with Gasteiger partial charge >= 0.3 is 5.97 Å². The van der Waals surface area contributed by atoms with Crippen LogP contribution in [-0.4, -0.2) is 18.0 Å². The zero-order valence-electron chi connectivity index (χ0n) is 14.7. The minimum Gasteiger partial charge on any atom is -0.449 e. The van der Waals surface area contributed by atoms with Crippen LogP contribution >= 0.6 is 11.6 Å². The Labute approximate surface area is 160 Å². The molecule has 0 bridgehead atoms. The Morgan fingerprint density at radius 3 is 2.63 bits per heavy atom. The van der Waals surface area contributed by atoms with Crippen molar-refractivity contribution in [2.75, 3.05) is 0 Å². The molecule has 1 atom stereocenters. The van der Waals surface area contributed by atoms with Crippen LogP contribution in [0.3, 0.4) is 0 Å². The summed E-state index contributed by atoms with van der Waals surface area (Å²) in [5, 5.41) is 3.88. The Morgan fingerprint density at radius 1 is 1.22 bits per heavy atom. The van der Waals surface area contributed by atoms with Crippen molar-refractivity contribution in [2.24, 2.45) is 0 Å². The van der Waals surface area contributed by atoms with Crippen molar-refractivity contribution in [1.29, 1.82) is 0 Å². The predicted molar refractivity (Wildman–Crippen MR) is 99.1 cm³/mol. The molecule has 0 saturated heterocycles. The molecule has 2 aromatic carbocycles. The lowest BCUT2D eigenvalue weighted by molar-refractivity contribution is -0.129. The summed E-state index contributed by atoms with van der Waals surface area (Å²) in [7, 11) is 0. The summed E-state index contributed by atoms with van der Waals surface area (Å²) in [5.41, 5.74) is 1.84. The van der Waals surface area contributed by atoms with E-state index >= 15 is 0 Å². The fourth-order valence-corrected chi connectivity index (χ4v) is 2.76. The van der Waals surface area contributed by atoms with Crippen LogP contribution in [0.1, 0.15) is 28.6 Å². The van der Waals surface area contributed by atoms with Gasteiger partial charge in [-0.1, -0.05) is 23.7 Å². The van der Waals surface area contributed by atoms with Gasteiger partial charge in [0.2, 0.25) is 5.76 Å². The van der Waals surface area contributed by atoms with E-state index in [9.17, 15) is 14.0 Å². The zero-order chi connectivity index (χ0) is 19.6. The van der Waals surface area contributed by atoms with Crippen LogP contribution in [-0.2, 0) is 16.1 Å². The number of fused-ring (bicyclic) bond motifs is 1. The minimum atomic E-state index is -1.02. The second kappa shape index (κ2) is 7.80. The molecule has 1 N–H and O–H groups in total. The third-order valence-electron chi connectivity index (χ3n) is 4.12. The summed E-state index contributed by atoms with van der Waals surface area (Å²) in [6.07, 6.45) is -1.02. The number of halogens is 2. The van der Waals surface area contributed by atoms with Gasteiger partial charge in [0.1, 0.15) is 11.4 Å². The SMILES string of the molecule is Cc1c(C(=O)O[C@H](C)C(=O)NCc2ccc(F)cc2)oc2ccc(Cl)cc12. The van der Waals surface area contributed by atoms with Gasteiger partial charge in [-0.2, -0.15) is 0 Å². The maximum absolute atomic E-state index is 12.9. The van der Waals surface area contributed by atoms with E-state index in [1.165, 1.54) is 19.1 Å².